The zero-order valence-corrected chi connectivity index (χ0v) is 12.5. The van der Waals surface area contributed by atoms with Crippen molar-refractivity contribution in [3.05, 3.63) is 48.5 Å². The number of carboxylic acids is 1. The molecule has 0 aliphatic carbocycles. The Hall–Kier alpha value is -2.33. The van der Waals surface area contributed by atoms with Crippen molar-refractivity contribution < 1.29 is 14.6 Å². The molecule has 0 unspecified atom stereocenters. The number of fused-ring (bicyclic) bond motifs is 1. The van der Waals surface area contributed by atoms with Crippen LogP contribution in [0.2, 0.25) is 0 Å². The maximum absolute atomic E-state index is 11.2. The Labute approximate surface area is 129 Å². The highest BCUT2D eigenvalue weighted by atomic mass is 16.5. The van der Waals surface area contributed by atoms with Gasteiger partial charge in [-0.05, 0) is 30.0 Å². The maximum atomic E-state index is 11.2. The molecule has 0 bridgehead atoms. The molecule has 1 saturated heterocycles. The minimum absolute atomic E-state index is 0.119. The van der Waals surface area contributed by atoms with Crippen LogP contribution in [-0.4, -0.2) is 41.7 Å². The van der Waals surface area contributed by atoms with Crippen LogP contribution in [0.5, 0.6) is 5.75 Å². The molecule has 0 spiro atoms. The first-order valence-corrected chi connectivity index (χ1v) is 7.33. The molecule has 0 aromatic heterocycles. The van der Waals surface area contributed by atoms with Crippen LogP contribution in [0.15, 0.2) is 43.0 Å². The van der Waals surface area contributed by atoms with Gasteiger partial charge in [0.1, 0.15) is 17.9 Å². The Morgan fingerprint density at radius 1 is 1.36 bits per heavy atom. The first-order chi connectivity index (χ1) is 10.6. The molecule has 1 heterocycles. The largest absolute Gasteiger partial charge is 0.488 e. The van der Waals surface area contributed by atoms with E-state index in [1.165, 1.54) is 0 Å². The lowest BCUT2D eigenvalue weighted by Crippen LogP contribution is -2.32. The fraction of sp³-hybridized carbons (Fsp3) is 0.278. The third-order valence-corrected chi connectivity index (χ3v) is 4.19. The normalized spacial score (nSPS) is 21.9. The van der Waals surface area contributed by atoms with Crippen LogP contribution in [0.1, 0.15) is 12.0 Å². The molecule has 3 rings (SSSR count). The summed E-state index contributed by atoms with van der Waals surface area (Å²) in [7, 11) is 1.82. The molecule has 0 radical (unpaired) electrons. The molecular formula is C18H19NO3. The number of rotatable bonds is 4. The van der Waals surface area contributed by atoms with Crippen molar-refractivity contribution in [2.75, 3.05) is 13.6 Å². The third-order valence-electron chi connectivity index (χ3n) is 4.19. The molecule has 1 aliphatic rings. The molecule has 2 atom stereocenters. The van der Waals surface area contributed by atoms with Gasteiger partial charge in [0.25, 0.3) is 0 Å². The smallest absolute Gasteiger partial charge is 0.321 e. The first kappa shape index (κ1) is 14.6. The summed E-state index contributed by atoms with van der Waals surface area (Å²) in [6.07, 6.45) is 2.15. The zero-order valence-electron chi connectivity index (χ0n) is 12.5. The average molecular weight is 297 g/mol. The number of carbonyl (C=O) groups is 1. The number of likely N-dealkylation sites (tertiary alicyclic amines) is 1. The second kappa shape index (κ2) is 5.81. The molecule has 4 nitrogen and oxygen atoms in total. The lowest BCUT2D eigenvalue weighted by Gasteiger charge is -2.16. The number of likely N-dealkylation sites (N-methyl/N-ethyl adjacent to an activating group) is 1. The summed E-state index contributed by atoms with van der Waals surface area (Å²) < 4.78 is 6.08. The average Bonchev–Trinajstić information content (AvgIpc) is 2.87. The Balaban J connectivity index is 1.87. The van der Waals surface area contributed by atoms with Gasteiger partial charge in [0, 0.05) is 18.5 Å². The van der Waals surface area contributed by atoms with E-state index in [9.17, 15) is 9.90 Å². The number of carboxylic acid groups (broad SMARTS) is 1. The lowest BCUT2D eigenvalue weighted by molar-refractivity contribution is -0.141. The highest BCUT2D eigenvalue weighted by molar-refractivity contribution is 5.87. The number of hydrogen-bond acceptors (Lipinski definition) is 3. The van der Waals surface area contributed by atoms with Crippen LogP contribution in [-0.2, 0) is 4.79 Å². The Bertz CT molecular complexity index is 725. The topological polar surface area (TPSA) is 49.8 Å². The van der Waals surface area contributed by atoms with Gasteiger partial charge in [-0.2, -0.15) is 0 Å². The number of benzene rings is 2. The maximum Gasteiger partial charge on any atom is 0.321 e. The summed E-state index contributed by atoms with van der Waals surface area (Å²) in [5.41, 5.74) is 0.931. The molecule has 1 fully saturated rings. The fourth-order valence-electron chi connectivity index (χ4n) is 3.00. The van der Waals surface area contributed by atoms with Crippen LogP contribution >= 0.6 is 0 Å². The van der Waals surface area contributed by atoms with E-state index in [1.54, 1.807) is 6.08 Å². The van der Waals surface area contributed by atoms with E-state index in [4.69, 9.17) is 4.74 Å². The number of ether oxygens (including phenoxy) is 1. The molecule has 0 saturated carbocycles. The summed E-state index contributed by atoms with van der Waals surface area (Å²) in [5, 5.41) is 11.4. The van der Waals surface area contributed by atoms with Crippen LogP contribution in [0, 0.1) is 0 Å². The van der Waals surface area contributed by atoms with Gasteiger partial charge in [-0.3, -0.25) is 9.69 Å². The number of nitrogens with zero attached hydrogens (tertiary/aromatic N) is 1. The second-order valence-corrected chi connectivity index (χ2v) is 5.71. The summed E-state index contributed by atoms with van der Waals surface area (Å²) in [6.45, 7) is 4.46. The van der Waals surface area contributed by atoms with Gasteiger partial charge < -0.3 is 9.84 Å². The molecule has 2 aromatic carbocycles. The van der Waals surface area contributed by atoms with Crippen molar-refractivity contribution in [3.8, 4) is 5.75 Å². The van der Waals surface area contributed by atoms with Crippen molar-refractivity contribution in [2.24, 2.45) is 0 Å². The second-order valence-electron chi connectivity index (χ2n) is 5.71. The van der Waals surface area contributed by atoms with Gasteiger partial charge in [-0.1, -0.05) is 36.9 Å². The van der Waals surface area contributed by atoms with E-state index < -0.39 is 12.0 Å². The zero-order chi connectivity index (χ0) is 15.7. The van der Waals surface area contributed by atoms with E-state index in [0.717, 1.165) is 22.1 Å². The van der Waals surface area contributed by atoms with Crippen molar-refractivity contribution in [1.82, 2.24) is 4.90 Å². The standard InChI is InChI=1S/C18H19NO3/c1-3-12-8-13-6-4-5-7-14(13)9-17(12)22-15-10-16(18(20)21)19(2)11-15/h3-9,15-16H,1,10-11H2,2H3,(H,20,21)/t15-,16+/m1/s1. The van der Waals surface area contributed by atoms with E-state index >= 15 is 0 Å². The summed E-state index contributed by atoms with van der Waals surface area (Å²) >= 11 is 0. The SMILES string of the molecule is C=Cc1cc2ccccc2cc1O[C@@H]1C[C@@H](C(=O)O)N(C)C1. The van der Waals surface area contributed by atoms with Crippen molar-refractivity contribution >= 4 is 22.8 Å². The summed E-state index contributed by atoms with van der Waals surface area (Å²) in [5.74, 6) is -0.0332. The van der Waals surface area contributed by atoms with Crippen molar-refractivity contribution in [3.63, 3.8) is 0 Å². The van der Waals surface area contributed by atoms with E-state index in [-0.39, 0.29) is 6.10 Å². The van der Waals surface area contributed by atoms with Crippen LogP contribution < -0.4 is 4.74 Å². The van der Waals surface area contributed by atoms with Crippen molar-refractivity contribution in [1.29, 1.82) is 0 Å². The highest BCUT2D eigenvalue weighted by Gasteiger charge is 2.35. The third kappa shape index (κ3) is 2.70. The minimum atomic E-state index is -0.795. The quantitative estimate of drug-likeness (QED) is 0.942. The molecule has 114 valence electrons. The molecule has 1 N–H and O–H groups in total. The van der Waals surface area contributed by atoms with E-state index in [0.29, 0.717) is 13.0 Å². The van der Waals surface area contributed by atoms with Crippen molar-refractivity contribution in [2.45, 2.75) is 18.6 Å². The Kier molecular flexibility index (Phi) is 3.86. The van der Waals surface area contributed by atoms with Crippen LogP contribution in [0.4, 0.5) is 0 Å². The first-order valence-electron chi connectivity index (χ1n) is 7.33. The highest BCUT2D eigenvalue weighted by Crippen LogP contribution is 2.30. The van der Waals surface area contributed by atoms with Crippen LogP contribution in [0.25, 0.3) is 16.8 Å². The van der Waals surface area contributed by atoms with Gasteiger partial charge in [-0.25, -0.2) is 0 Å². The summed E-state index contributed by atoms with van der Waals surface area (Å²) in [6, 6.07) is 11.7. The Morgan fingerprint density at radius 2 is 2.05 bits per heavy atom. The molecule has 2 aromatic rings. The van der Waals surface area contributed by atoms with E-state index in [1.807, 2.05) is 42.3 Å². The molecule has 0 amide bonds. The van der Waals surface area contributed by atoms with Gasteiger partial charge >= 0.3 is 5.97 Å². The fourth-order valence-corrected chi connectivity index (χ4v) is 3.00. The predicted octanol–water partition coefficient (Wildman–Crippen LogP) is 3.02. The monoisotopic (exact) mass is 297 g/mol. The molecular weight excluding hydrogens is 278 g/mol. The number of hydrogen-bond donors (Lipinski definition) is 1. The summed E-state index contributed by atoms with van der Waals surface area (Å²) in [4.78, 5) is 13.0. The molecule has 4 heteroatoms. The minimum Gasteiger partial charge on any atom is -0.488 e. The van der Waals surface area contributed by atoms with Gasteiger partial charge in [0.05, 0.1) is 0 Å². The Morgan fingerprint density at radius 3 is 2.64 bits per heavy atom. The predicted molar refractivity (Wildman–Crippen MR) is 87.1 cm³/mol. The molecule has 22 heavy (non-hydrogen) atoms. The van der Waals surface area contributed by atoms with Gasteiger partial charge in [0.2, 0.25) is 0 Å². The lowest BCUT2D eigenvalue weighted by atomic mass is 10.1. The van der Waals surface area contributed by atoms with Gasteiger partial charge in [-0.15, -0.1) is 0 Å². The number of aliphatic carboxylic acids is 1. The van der Waals surface area contributed by atoms with Gasteiger partial charge in [0.15, 0.2) is 0 Å². The molecule has 1 aliphatic heterocycles. The van der Waals surface area contributed by atoms with Crippen LogP contribution in [0.3, 0.4) is 0 Å². The van der Waals surface area contributed by atoms with E-state index in [2.05, 4.69) is 12.6 Å².